The van der Waals surface area contributed by atoms with Crippen LogP contribution in [0.25, 0.3) is 10.8 Å². The standard InChI is InChI=1S/C19H22FNO2/c1-12(22)21-19(2,3)11-14-9-15(20)8-13-4-5-17(10-18(13)14)23-16-6-7-16/h4-5,8-10,16H,6-7,11H2,1-3H3,(H,21,22). The number of carbonyl (C=O) groups excluding carboxylic acids is 1. The van der Waals surface area contributed by atoms with Gasteiger partial charge in [-0.3, -0.25) is 4.79 Å². The highest BCUT2D eigenvalue weighted by atomic mass is 19.1. The highest BCUT2D eigenvalue weighted by Crippen LogP contribution is 2.31. The molecule has 1 N–H and O–H groups in total. The van der Waals surface area contributed by atoms with Crippen molar-refractivity contribution in [1.82, 2.24) is 5.32 Å². The summed E-state index contributed by atoms with van der Waals surface area (Å²) in [6.45, 7) is 5.37. The van der Waals surface area contributed by atoms with Crippen LogP contribution in [0.15, 0.2) is 30.3 Å². The molecule has 0 saturated heterocycles. The third kappa shape index (κ3) is 4.01. The van der Waals surface area contributed by atoms with Gasteiger partial charge in [-0.1, -0.05) is 6.07 Å². The van der Waals surface area contributed by atoms with Crippen LogP contribution in [0, 0.1) is 5.82 Å². The van der Waals surface area contributed by atoms with Gasteiger partial charge in [-0.2, -0.15) is 0 Å². The minimum Gasteiger partial charge on any atom is -0.490 e. The van der Waals surface area contributed by atoms with Crippen molar-refractivity contribution in [2.75, 3.05) is 0 Å². The molecule has 1 amide bonds. The molecule has 3 rings (SSSR count). The quantitative estimate of drug-likeness (QED) is 0.906. The van der Waals surface area contributed by atoms with E-state index in [9.17, 15) is 9.18 Å². The molecule has 4 heteroatoms. The van der Waals surface area contributed by atoms with Crippen molar-refractivity contribution in [2.45, 2.75) is 51.7 Å². The van der Waals surface area contributed by atoms with Crippen LogP contribution in [-0.4, -0.2) is 17.6 Å². The smallest absolute Gasteiger partial charge is 0.217 e. The predicted octanol–water partition coefficient (Wildman–Crippen LogP) is 3.98. The number of fused-ring (bicyclic) bond motifs is 1. The fraction of sp³-hybridized carbons (Fsp3) is 0.421. The van der Waals surface area contributed by atoms with Crippen LogP contribution in [0.5, 0.6) is 5.75 Å². The van der Waals surface area contributed by atoms with E-state index in [2.05, 4.69) is 5.32 Å². The number of hydrogen-bond acceptors (Lipinski definition) is 2. The minimum atomic E-state index is -0.445. The number of amides is 1. The van der Waals surface area contributed by atoms with E-state index in [1.807, 2.05) is 32.0 Å². The lowest BCUT2D eigenvalue weighted by atomic mass is 9.91. The molecule has 0 bridgehead atoms. The maximum absolute atomic E-state index is 13.9. The van der Waals surface area contributed by atoms with Crippen molar-refractivity contribution in [3.63, 3.8) is 0 Å². The van der Waals surface area contributed by atoms with E-state index in [1.54, 1.807) is 6.07 Å². The van der Waals surface area contributed by atoms with E-state index in [-0.39, 0.29) is 11.7 Å². The maximum Gasteiger partial charge on any atom is 0.217 e. The predicted molar refractivity (Wildman–Crippen MR) is 89.2 cm³/mol. The van der Waals surface area contributed by atoms with Gasteiger partial charge in [-0.15, -0.1) is 0 Å². The van der Waals surface area contributed by atoms with Gasteiger partial charge in [0.15, 0.2) is 0 Å². The third-order valence-electron chi connectivity index (χ3n) is 3.95. The Bertz CT molecular complexity index is 750. The molecule has 23 heavy (non-hydrogen) atoms. The second-order valence-corrected chi connectivity index (χ2v) is 7.01. The monoisotopic (exact) mass is 315 g/mol. The molecule has 3 nitrogen and oxygen atoms in total. The lowest BCUT2D eigenvalue weighted by Crippen LogP contribution is -2.44. The van der Waals surface area contributed by atoms with Gasteiger partial charge in [0.25, 0.3) is 0 Å². The van der Waals surface area contributed by atoms with Crippen LogP contribution in [-0.2, 0) is 11.2 Å². The van der Waals surface area contributed by atoms with E-state index in [0.717, 1.165) is 34.9 Å². The van der Waals surface area contributed by atoms with Gasteiger partial charge < -0.3 is 10.1 Å². The Hall–Kier alpha value is -2.10. The fourth-order valence-electron chi connectivity index (χ4n) is 2.97. The molecular weight excluding hydrogens is 293 g/mol. The Kier molecular flexibility index (Phi) is 4.00. The van der Waals surface area contributed by atoms with Crippen molar-refractivity contribution in [1.29, 1.82) is 0 Å². The number of halogens is 1. The summed E-state index contributed by atoms with van der Waals surface area (Å²) in [5, 5.41) is 4.74. The molecule has 2 aromatic carbocycles. The lowest BCUT2D eigenvalue weighted by molar-refractivity contribution is -0.120. The molecule has 0 spiro atoms. The van der Waals surface area contributed by atoms with Crippen molar-refractivity contribution in [3.8, 4) is 5.75 Å². The normalized spacial score (nSPS) is 14.8. The number of hydrogen-bond donors (Lipinski definition) is 1. The van der Waals surface area contributed by atoms with Gasteiger partial charge >= 0.3 is 0 Å². The summed E-state index contributed by atoms with van der Waals surface area (Å²) >= 11 is 0. The van der Waals surface area contributed by atoms with Gasteiger partial charge in [-0.25, -0.2) is 4.39 Å². The zero-order valence-electron chi connectivity index (χ0n) is 13.8. The van der Waals surface area contributed by atoms with Crippen molar-refractivity contribution >= 4 is 16.7 Å². The SMILES string of the molecule is CC(=O)NC(C)(C)Cc1cc(F)cc2ccc(OC3CC3)cc12. The molecule has 1 aliphatic carbocycles. The molecule has 1 fully saturated rings. The average Bonchev–Trinajstić information content (AvgIpc) is 3.21. The minimum absolute atomic E-state index is 0.0894. The van der Waals surface area contributed by atoms with Gasteiger partial charge in [-0.05, 0) is 73.7 Å². The molecule has 0 atom stereocenters. The molecule has 0 radical (unpaired) electrons. The third-order valence-corrected chi connectivity index (χ3v) is 3.95. The summed E-state index contributed by atoms with van der Waals surface area (Å²) in [4.78, 5) is 11.4. The Morgan fingerprint density at radius 2 is 2.04 bits per heavy atom. The zero-order chi connectivity index (χ0) is 16.6. The first-order chi connectivity index (χ1) is 10.8. The first-order valence-corrected chi connectivity index (χ1v) is 8.00. The Balaban J connectivity index is 1.97. The molecule has 1 aliphatic rings. The fourth-order valence-corrected chi connectivity index (χ4v) is 2.97. The van der Waals surface area contributed by atoms with Gasteiger partial charge in [0, 0.05) is 12.5 Å². The van der Waals surface area contributed by atoms with E-state index in [0.29, 0.717) is 12.5 Å². The number of nitrogens with one attached hydrogen (secondary N) is 1. The van der Waals surface area contributed by atoms with Gasteiger partial charge in [0.05, 0.1) is 6.10 Å². The largest absolute Gasteiger partial charge is 0.490 e. The van der Waals surface area contributed by atoms with Gasteiger partial charge in [0.2, 0.25) is 5.91 Å². The first kappa shape index (κ1) is 15.8. The molecule has 0 unspecified atom stereocenters. The van der Waals surface area contributed by atoms with E-state index in [4.69, 9.17) is 4.74 Å². The van der Waals surface area contributed by atoms with Crippen LogP contribution in [0.4, 0.5) is 4.39 Å². The summed E-state index contributed by atoms with van der Waals surface area (Å²) in [6, 6.07) is 8.85. The Labute approximate surface area is 135 Å². The van der Waals surface area contributed by atoms with E-state index < -0.39 is 5.54 Å². The Morgan fingerprint density at radius 3 is 2.70 bits per heavy atom. The highest BCUT2D eigenvalue weighted by Gasteiger charge is 2.24. The van der Waals surface area contributed by atoms with Crippen molar-refractivity contribution < 1.29 is 13.9 Å². The van der Waals surface area contributed by atoms with Crippen LogP contribution in [0.1, 0.15) is 39.2 Å². The van der Waals surface area contributed by atoms with Crippen LogP contribution < -0.4 is 10.1 Å². The number of rotatable bonds is 5. The molecular formula is C19H22FNO2. The summed E-state index contributed by atoms with van der Waals surface area (Å²) in [5.74, 6) is 0.473. The van der Waals surface area contributed by atoms with E-state index in [1.165, 1.54) is 13.0 Å². The number of ether oxygens (including phenoxy) is 1. The van der Waals surface area contributed by atoms with Crippen LogP contribution in [0.3, 0.4) is 0 Å². The maximum atomic E-state index is 13.9. The number of benzene rings is 2. The second-order valence-electron chi connectivity index (χ2n) is 7.01. The Morgan fingerprint density at radius 1 is 1.30 bits per heavy atom. The van der Waals surface area contributed by atoms with Crippen molar-refractivity contribution in [3.05, 3.63) is 41.7 Å². The molecule has 1 saturated carbocycles. The topological polar surface area (TPSA) is 38.3 Å². The highest BCUT2D eigenvalue weighted by molar-refractivity contribution is 5.87. The van der Waals surface area contributed by atoms with Crippen LogP contribution >= 0.6 is 0 Å². The number of carbonyl (C=O) groups is 1. The zero-order valence-corrected chi connectivity index (χ0v) is 13.8. The van der Waals surface area contributed by atoms with Crippen LogP contribution in [0.2, 0.25) is 0 Å². The molecule has 0 aromatic heterocycles. The molecule has 0 heterocycles. The summed E-state index contributed by atoms with van der Waals surface area (Å²) in [7, 11) is 0. The summed E-state index contributed by atoms with van der Waals surface area (Å²) < 4.78 is 19.8. The van der Waals surface area contributed by atoms with Crippen molar-refractivity contribution in [2.24, 2.45) is 0 Å². The summed E-state index contributed by atoms with van der Waals surface area (Å²) in [5.41, 5.74) is 0.430. The average molecular weight is 315 g/mol. The van der Waals surface area contributed by atoms with Gasteiger partial charge in [0.1, 0.15) is 11.6 Å². The second kappa shape index (κ2) is 5.84. The molecule has 0 aliphatic heterocycles. The lowest BCUT2D eigenvalue weighted by Gasteiger charge is -2.26. The molecule has 2 aromatic rings. The van der Waals surface area contributed by atoms with E-state index >= 15 is 0 Å². The first-order valence-electron chi connectivity index (χ1n) is 8.00. The summed E-state index contributed by atoms with van der Waals surface area (Å²) in [6.07, 6.45) is 3.08. The molecule has 122 valence electrons.